The highest BCUT2D eigenvalue weighted by atomic mass is 32.2. The number of nitrogens with zero attached hydrogens (tertiary/aromatic N) is 3. The molecule has 0 bridgehead atoms. The number of aliphatic hydroxyl groups is 1. The van der Waals surface area contributed by atoms with Crippen LogP contribution in [0.5, 0.6) is 0 Å². The predicted molar refractivity (Wildman–Crippen MR) is 144 cm³/mol. The van der Waals surface area contributed by atoms with Gasteiger partial charge >= 0.3 is 18.5 Å². The number of amides is 1. The molecule has 2 atom stereocenters. The van der Waals surface area contributed by atoms with Crippen molar-refractivity contribution in [1.82, 2.24) is 14.7 Å². The molecule has 8 nitrogen and oxygen atoms in total. The van der Waals surface area contributed by atoms with E-state index in [2.05, 4.69) is 4.74 Å². The van der Waals surface area contributed by atoms with Crippen LogP contribution in [0.25, 0.3) is 0 Å². The summed E-state index contributed by atoms with van der Waals surface area (Å²) in [6, 6.07) is 5.16. The molecule has 1 amide bonds. The van der Waals surface area contributed by atoms with Crippen LogP contribution in [0, 0.1) is 5.82 Å². The van der Waals surface area contributed by atoms with Crippen LogP contribution in [-0.2, 0) is 29.7 Å². The summed E-state index contributed by atoms with van der Waals surface area (Å²) in [4.78, 5) is 15.6. The van der Waals surface area contributed by atoms with Gasteiger partial charge < -0.3 is 14.7 Å². The molecule has 262 valence electrons. The molecule has 0 saturated carbocycles. The number of piperazine rings is 1. The van der Waals surface area contributed by atoms with Crippen molar-refractivity contribution in [3.05, 3.63) is 65.5 Å². The fourth-order valence-electron chi connectivity index (χ4n) is 5.89. The number of ether oxygens (including phenoxy) is 1. The first-order valence-corrected chi connectivity index (χ1v) is 15.4. The molecule has 47 heavy (non-hydrogen) atoms. The van der Waals surface area contributed by atoms with Crippen molar-refractivity contribution in [2.24, 2.45) is 0 Å². The van der Waals surface area contributed by atoms with Gasteiger partial charge in [-0.1, -0.05) is 24.3 Å². The van der Waals surface area contributed by atoms with Crippen molar-refractivity contribution in [3.8, 4) is 0 Å². The second-order valence-corrected chi connectivity index (χ2v) is 13.5. The number of hydrogen-bond donors (Lipinski definition) is 1. The normalized spacial score (nSPS) is 21.7. The van der Waals surface area contributed by atoms with Gasteiger partial charge in [0, 0.05) is 51.8 Å². The number of sulfone groups is 1. The molecule has 0 aliphatic carbocycles. The van der Waals surface area contributed by atoms with Crippen molar-refractivity contribution in [1.29, 1.82) is 0 Å². The van der Waals surface area contributed by atoms with Crippen LogP contribution in [0.15, 0.2) is 53.4 Å². The fraction of sp³-hybridized carbons (Fsp3) is 0.536. The quantitative estimate of drug-likeness (QED) is 0.318. The summed E-state index contributed by atoms with van der Waals surface area (Å²) >= 11 is 0. The minimum Gasteiger partial charge on any atom is -0.365 e. The molecule has 2 aromatic carbocycles. The van der Waals surface area contributed by atoms with Gasteiger partial charge in [0.2, 0.25) is 5.91 Å². The topological polar surface area (TPSA) is 90.4 Å². The van der Waals surface area contributed by atoms with Gasteiger partial charge in [0.15, 0.2) is 16.2 Å². The molecule has 2 aliphatic heterocycles. The molecule has 1 unspecified atom stereocenters. The molecule has 2 heterocycles. The van der Waals surface area contributed by atoms with E-state index < -0.39 is 74.5 Å². The van der Waals surface area contributed by atoms with Crippen LogP contribution in [-0.4, -0.2) is 105 Å². The van der Waals surface area contributed by atoms with Crippen LogP contribution in [0.2, 0.25) is 0 Å². The van der Waals surface area contributed by atoms with Crippen molar-refractivity contribution in [3.63, 3.8) is 0 Å². The first-order valence-electron chi connectivity index (χ1n) is 13.9. The van der Waals surface area contributed by atoms with Gasteiger partial charge in [0.25, 0.3) is 5.60 Å². The predicted octanol–water partition coefficient (Wildman–Crippen LogP) is 4.54. The Balaban J connectivity index is 1.78. The molecule has 0 spiro atoms. The van der Waals surface area contributed by atoms with E-state index in [9.17, 15) is 62.2 Å². The number of carbonyl (C=O) groups is 1. The van der Waals surface area contributed by atoms with Crippen LogP contribution in [0.4, 0.5) is 43.9 Å². The first kappa shape index (κ1) is 36.8. The second-order valence-electron chi connectivity index (χ2n) is 11.2. The largest absolute Gasteiger partial charge is 0.430 e. The van der Waals surface area contributed by atoms with Gasteiger partial charge in [-0.25, -0.2) is 12.8 Å². The van der Waals surface area contributed by atoms with Crippen LogP contribution < -0.4 is 0 Å². The molecule has 1 N–H and O–H groups in total. The highest BCUT2D eigenvalue weighted by Crippen LogP contribution is 2.54. The lowest BCUT2D eigenvalue weighted by Crippen LogP contribution is -2.57. The number of halogens is 10. The van der Waals surface area contributed by atoms with E-state index in [1.54, 1.807) is 4.90 Å². The number of likely N-dealkylation sites (tertiary alicyclic amines) is 1. The maximum absolute atomic E-state index is 14.1. The monoisotopic (exact) mass is 709 g/mol. The van der Waals surface area contributed by atoms with E-state index in [1.165, 1.54) is 16.7 Å². The van der Waals surface area contributed by atoms with E-state index in [0.717, 1.165) is 24.3 Å². The van der Waals surface area contributed by atoms with E-state index in [1.807, 2.05) is 0 Å². The number of rotatable bonds is 8. The summed E-state index contributed by atoms with van der Waals surface area (Å²) in [7, 11) is -4.64. The number of benzene rings is 2. The third-order valence-corrected chi connectivity index (χ3v) is 10.9. The van der Waals surface area contributed by atoms with Crippen molar-refractivity contribution in [2.75, 3.05) is 45.9 Å². The lowest BCUT2D eigenvalue weighted by Gasteiger charge is -2.40. The summed E-state index contributed by atoms with van der Waals surface area (Å²) in [5.41, 5.74) is -7.54. The molecular formula is C28H29F10N3O5S. The molecule has 2 saturated heterocycles. The molecule has 19 heteroatoms. The Kier molecular flexibility index (Phi) is 10.0. The Morgan fingerprint density at radius 3 is 1.85 bits per heavy atom. The van der Waals surface area contributed by atoms with Gasteiger partial charge in [-0.15, -0.1) is 0 Å². The molecule has 4 rings (SSSR count). The fourth-order valence-corrected chi connectivity index (χ4v) is 7.98. The Morgan fingerprint density at radius 1 is 0.851 bits per heavy atom. The average molecular weight is 710 g/mol. The van der Waals surface area contributed by atoms with Crippen LogP contribution in [0.3, 0.4) is 0 Å². The highest BCUT2D eigenvalue weighted by molar-refractivity contribution is 7.92. The van der Waals surface area contributed by atoms with Crippen LogP contribution in [0.1, 0.15) is 24.5 Å². The Hall–Kier alpha value is -3.00. The minimum absolute atomic E-state index is 0.139. The first-order chi connectivity index (χ1) is 21.6. The number of hydrogen-bond acceptors (Lipinski definition) is 7. The molecule has 0 radical (unpaired) electrons. The van der Waals surface area contributed by atoms with E-state index in [4.69, 9.17) is 0 Å². The van der Waals surface area contributed by atoms with Gasteiger partial charge in [-0.05, 0) is 36.2 Å². The van der Waals surface area contributed by atoms with Crippen molar-refractivity contribution < 1.29 is 67.0 Å². The summed E-state index contributed by atoms with van der Waals surface area (Å²) < 4.78 is 166. The summed E-state index contributed by atoms with van der Waals surface area (Å²) in [6.45, 7) is -1.33. The molecule has 2 aliphatic rings. The second kappa shape index (κ2) is 12.8. The third kappa shape index (κ3) is 6.95. The van der Waals surface area contributed by atoms with Gasteiger partial charge in [0.1, 0.15) is 17.2 Å². The van der Waals surface area contributed by atoms with E-state index in [0.29, 0.717) is 12.1 Å². The number of aliphatic hydroxyl groups excluding tert-OH is 1. The number of carbonyl (C=O) groups excluding carboxylic acids is 1. The minimum atomic E-state index is -6.43. The zero-order valence-electron chi connectivity index (χ0n) is 24.5. The Labute approximate surface area is 262 Å². The lowest BCUT2D eigenvalue weighted by molar-refractivity contribution is -0.400. The average Bonchev–Trinajstić information content (AvgIpc) is 3.43. The molecule has 2 aromatic rings. The Bertz CT molecular complexity index is 1510. The third-order valence-electron chi connectivity index (χ3n) is 8.38. The SMILES string of the molecule is CC(=O)N1CCN(C(O)N2CC[C@](c3ccc(C(OCC(F)(F)F)(C(F)(F)F)C(F)(F)F)cc3)(S(=O)(=O)c3ccc(F)cc3)C2)CC1. The summed E-state index contributed by atoms with van der Waals surface area (Å²) in [5.74, 6) is -0.998. The van der Waals surface area contributed by atoms with Gasteiger partial charge in [0.05, 0.1) is 4.90 Å². The maximum atomic E-state index is 14.1. The zero-order valence-corrected chi connectivity index (χ0v) is 25.3. The van der Waals surface area contributed by atoms with Crippen molar-refractivity contribution >= 4 is 15.7 Å². The maximum Gasteiger partial charge on any atom is 0.430 e. The highest BCUT2D eigenvalue weighted by Gasteiger charge is 2.74. The van der Waals surface area contributed by atoms with Gasteiger partial charge in [-0.3, -0.25) is 14.6 Å². The zero-order chi connectivity index (χ0) is 35.2. The lowest BCUT2D eigenvalue weighted by atomic mass is 9.88. The Morgan fingerprint density at radius 2 is 1.38 bits per heavy atom. The van der Waals surface area contributed by atoms with E-state index in [-0.39, 0.29) is 62.7 Å². The van der Waals surface area contributed by atoms with Gasteiger partial charge in [-0.2, -0.15) is 39.5 Å². The molecule has 0 aromatic heterocycles. The van der Waals surface area contributed by atoms with Crippen molar-refractivity contribution in [2.45, 2.75) is 53.5 Å². The summed E-state index contributed by atoms with van der Waals surface area (Å²) in [6.07, 6.45) is -20.2. The standard InChI is InChI=1S/C28H29F10N3O5S/c1-18(42)39-12-14-40(15-13-39)23(43)41-11-10-24(16-41,47(44,45)22-8-6-21(29)7-9-22)19-2-4-20(5-3-19)26(27(33,34)35,28(36,37)38)46-17-25(30,31)32/h2-9,23,43H,10-17H2,1H3/t23?,24-/m0/s1. The van der Waals surface area contributed by atoms with E-state index >= 15 is 0 Å². The molecular weight excluding hydrogens is 680 g/mol. The number of alkyl halides is 9. The smallest absolute Gasteiger partial charge is 0.365 e. The summed E-state index contributed by atoms with van der Waals surface area (Å²) in [5, 5.41) is 11.2. The molecule has 2 fully saturated rings. The van der Waals surface area contributed by atoms with Crippen LogP contribution >= 0.6 is 0 Å².